The Morgan fingerprint density at radius 3 is 2.70 bits per heavy atom. The summed E-state index contributed by atoms with van der Waals surface area (Å²) in [4.78, 5) is 15.5. The van der Waals surface area contributed by atoms with Gasteiger partial charge in [-0.1, -0.05) is 12.2 Å². The molecule has 0 fully saturated rings. The maximum absolute atomic E-state index is 11.4. The van der Waals surface area contributed by atoms with Gasteiger partial charge in [0.25, 0.3) is 0 Å². The van der Waals surface area contributed by atoms with E-state index in [2.05, 4.69) is 10.3 Å². The van der Waals surface area contributed by atoms with Gasteiger partial charge >= 0.3 is 6.09 Å². The van der Waals surface area contributed by atoms with E-state index in [1.165, 1.54) is 0 Å². The maximum Gasteiger partial charge on any atom is 0.407 e. The van der Waals surface area contributed by atoms with Crippen molar-refractivity contribution in [1.29, 1.82) is 0 Å². The number of nitrogens with one attached hydrogen (secondary N) is 1. The van der Waals surface area contributed by atoms with Gasteiger partial charge in [0.05, 0.1) is 6.61 Å². The van der Waals surface area contributed by atoms with E-state index >= 15 is 0 Å². The first kappa shape index (κ1) is 16.0. The summed E-state index contributed by atoms with van der Waals surface area (Å²) in [6.45, 7) is 8.40. The van der Waals surface area contributed by atoms with Crippen LogP contribution in [0.1, 0.15) is 33.3 Å². The highest BCUT2D eigenvalue weighted by Crippen LogP contribution is 2.08. The van der Waals surface area contributed by atoms with E-state index in [-0.39, 0.29) is 0 Å². The number of ether oxygens (including phenoxy) is 2. The second kappa shape index (κ2) is 7.53. The number of nitrogens with zero attached hydrogens (tertiary/aromatic N) is 1. The van der Waals surface area contributed by atoms with Crippen LogP contribution in [0.15, 0.2) is 24.4 Å². The highest BCUT2D eigenvalue weighted by Gasteiger charge is 2.14. The molecule has 0 spiro atoms. The molecule has 1 N–H and O–H groups in total. The molecule has 0 aliphatic rings. The minimum absolute atomic E-state index is 0.405. The summed E-state index contributed by atoms with van der Waals surface area (Å²) in [5, 5.41) is 2.65. The van der Waals surface area contributed by atoms with E-state index in [9.17, 15) is 4.79 Å². The number of rotatable bonds is 5. The smallest absolute Gasteiger partial charge is 0.407 e. The molecule has 0 saturated heterocycles. The summed E-state index contributed by atoms with van der Waals surface area (Å²) in [7, 11) is 0. The number of hydrogen-bond donors (Lipinski definition) is 1. The van der Waals surface area contributed by atoms with Crippen molar-refractivity contribution in [2.24, 2.45) is 0 Å². The fraction of sp³-hybridized carbons (Fsp3) is 0.467. The molecule has 1 aromatic heterocycles. The molecule has 1 amide bonds. The third kappa shape index (κ3) is 6.78. The number of hydrogen-bond acceptors (Lipinski definition) is 4. The average Bonchev–Trinajstić information content (AvgIpc) is 2.35. The van der Waals surface area contributed by atoms with Gasteiger partial charge in [-0.3, -0.25) is 0 Å². The van der Waals surface area contributed by atoms with Gasteiger partial charge in [-0.2, -0.15) is 0 Å². The second-order valence-corrected chi connectivity index (χ2v) is 5.15. The minimum atomic E-state index is -0.479. The van der Waals surface area contributed by atoms with Crippen molar-refractivity contribution in [3.05, 3.63) is 30.0 Å². The number of carbonyl (C=O) groups is 1. The summed E-state index contributed by atoms with van der Waals surface area (Å²) >= 11 is 0. The van der Waals surface area contributed by atoms with Gasteiger partial charge in [-0.05, 0) is 39.3 Å². The Morgan fingerprint density at radius 1 is 1.40 bits per heavy atom. The van der Waals surface area contributed by atoms with Gasteiger partial charge in [0.2, 0.25) is 5.88 Å². The van der Waals surface area contributed by atoms with E-state index in [4.69, 9.17) is 9.47 Å². The van der Waals surface area contributed by atoms with Gasteiger partial charge in [0, 0.05) is 18.8 Å². The van der Waals surface area contributed by atoms with E-state index < -0.39 is 11.7 Å². The Morgan fingerprint density at radius 2 is 2.15 bits per heavy atom. The first-order valence-electron chi connectivity index (χ1n) is 6.63. The molecule has 20 heavy (non-hydrogen) atoms. The number of pyridine rings is 1. The zero-order valence-corrected chi connectivity index (χ0v) is 12.5. The summed E-state index contributed by atoms with van der Waals surface area (Å²) in [5.74, 6) is 0.608. The lowest BCUT2D eigenvalue weighted by atomic mass is 10.2. The van der Waals surface area contributed by atoms with E-state index in [1.807, 2.05) is 52.0 Å². The van der Waals surface area contributed by atoms with Gasteiger partial charge in [-0.15, -0.1) is 0 Å². The first-order valence-corrected chi connectivity index (χ1v) is 6.63. The SMILES string of the molecule is CCOc1ccc(C=CCNC(=O)OC(C)(C)C)cn1. The summed E-state index contributed by atoms with van der Waals surface area (Å²) in [6, 6.07) is 3.71. The Balaban J connectivity index is 2.36. The van der Waals surface area contributed by atoms with Crippen LogP contribution in [0.5, 0.6) is 5.88 Å². The first-order chi connectivity index (χ1) is 9.40. The molecule has 0 atom stereocenters. The van der Waals surface area contributed by atoms with Crippen molar-refractivity contribution in [2.45, 2.75) is 33.3 Å². The lowest BCUT2D eigenvalue weighted by Crippen LogP contribution is -2.32. The maximum atomic E-state index is 11.4. The van der Waals surface area contributed by atoms with Gasteiger partial charge in [0.1, 0.15) is 5.60 Å². The normalized spacial score (nSPS) is 11.4. The summed E-state index contributed by atoms with van der Waals surface area (Å²) in [5.41, 5.74) is 0.465. The molecule has 0 aliphatic heterocycles. The highest BCUT2D eigenvalue weighted by atomic mass is 16.6. The molecular weight excluding hydrogens is 256 g/mol. The molecule has 5 nitrogen and oxygen atoms in total. The number of aromatic nitrogens is 1. The molecule has 110 valence electrons. The van der Waals surface area contributed by atoms with Gasteiger partial charge in [-0.25, -0.2) is 9.78 Å². The van der Waals surface area contributed by atoms with Crippen LogP contribution in [0, 0.1) is 0 Å². The number of carbonyl (C=O) groups excluding carboxylic acids is 1. The van der Waals surface area contributed by atoms with Crippen molar-refractivity contribution in [3.63, 3.8) is 0 Å². The third-order valence-electron chi connectivity index (χ3n) is 2.12. The number of alkyl carbamates (subject to hydrolysis) is 1. The molecule has 1 heterocycles. The van der Waals surface area contributed by atoms with Crippen LogP contribution >= 0.6 is 0 Å². The van der Waals surface area contributed by atoms with Crippen molar-refractivity contribution < 1.29 is 14.3 Å². The van der Waals surface area contributed by atoms with E-state index in [0.717, 1.165) is 5.56 Å². The van der Waals surface area contributed by atoms with Crippen LogP contribution in [-0.2, 0) is 4.74 Å². The van der Waals surface area contributed by atoms with Gasteiger partial charge in [0.15, 0.2) is 0 Å². The van der Waals surface area contributed by atoms with Gasteiger partial charge < -0.3 is 14.8 Å². The predicted octanol–water partition coefficient (Wildman–Crippen LogP) is 3.02. The lowest BCUT2D eigenvalue weighted by Gasteiger charge is -2.19. The fourth-order valence-corrected chi connectivity index (χ4v) is 1.38. The zero-order valence-electron chi connectivity index (χ0n) is 12.5. The minimum Gasteiger partial charge on any atom is -0.478 e. The second-order valence-electron chi connectivity index (χ2n) is 5.15. The van der Waals surface area contributed by atoms with E-state index in [0.29, 0.717) is 19.0 Å². The van der Waals surface area contributed by atoms with Crippen LogP contribution in [0.4, 0.5) is 4.79 Å². The monoisotopic (exact) mass is 278 g/mol. The summed E-state index contributed by atoms with van der Waals surface area (Å²) < 4.78 is 10.4. The third-order valence-corrected chi connectivity index (χ3v) is 2.12. The fourth-order valence-electron chi connectivity index (χ4n) is 1.38. The van der Waals surface area contributed by atoms with Crippen LogP contribution in [0.25, 0.3) is 6.08 Å². The molecule has 0 aliphatic carbocycles. The van der Waals surface area contributed by atoms with Crippen molar-refractivity contribution >= 4 is 12.2 Å². The molecule has 0 aromatic carbocycles. The Kier molecular flexibility index (Phi) is 6.03. The lowest BCUT2D eigenvalue weighted by molar-refractivity contribution is 0.0534. The molecule has 0 bridgehead atoms. The Labute approximate surface area is 120 Å². The Hall–Kier alpha value is -2.04. The highest BCUT2D eigenvalue weighted by molar-refractivity contribution is 5.68. The molecule has 0 unspecified atom stereocenters. The molecule has 0 saturated carbocycles. The molecule has 1 aromatic rings. The molecule has 0 radical (unpaired) electrons. The molecule has 1 rings (SSSR count). The van der Waals surface area contributed by atoms with Crippen LogP contribution in [0.3, 0.4) is 0 Å². The zero-order chi connectivity index (χ0) is 15.0. The summed E-state index contributed by atoms with van der Waals surface area (Å²) in [6.07, 6.45) is 5.00. The molecular formula is C15H22N2O3. The molecule has 5 heteroatoms. The standard InChI is InChI=1S/C15H22N2O3/c1-5-19-13-9-8-12(11-17-13)7-6-10-16-14(18)20-15(2,3)4/h6-9,11H,5,10H2,1-4H3,(H,16,18). The van der Waals surface area contributed by atoms with Crippen molar-refractivity contribution in [1.82, 2.24) is 10.3 Å². The van der Waals surface area contributed by atoms with Crippen LogP contribution in [0.2, 0.25) is 0 Å². The largest absolute Gasteiger partial charge is 0.478 e. The average molecular weight is 278 g/mol. The number of amides is 1. The van der Waals surface area contributed by atoms with E-state index in [1.54, 1.807) is 6.20 Å². The predicted molar refractivity (Wildman–Crippen MR) is 78.7 cm³/mol. The van der Waals surface area contributed by atoms with Crippen LogP contribution in [-0.4, -0.2) is 29.8 Å². The van der Waals surface area contributed by atoms with Crippen molar-refractivity contribution in [2.75, 3.05) is 13.2 Å². The van der Waals surface area contributed by atoms with Crippen molar-refractivity contribution in [3.8, 4) is 5.88 Å². The quantitative estimate of drug-likeness (QED) is 0.899. The Bertz CT molecular complexity index is 447. The van der Waals surface area contributed by atoms with Crippen LogP contribution < -0.4 is 10.1 Å². The topological polar surface area (TPSA) is 60.5 Å².